The monoisotopic (exact) mass is 214 g/mol. The van der Waals surface area contributed by atoms with Crippen LogP contribution in [0.15, 0.2) is 24.3 Å². The average Bonchev–Trinajstić information content (AvgIpc) is 2.67. The molecule has 0 bridgehead atoms. The minimum Gasteiger partial charge on any atom is -0.486 e. The highest BCUT2D eigenvalue weighted by molar-refractivity contribution is 7.99. The van der Waals surface area contributed by atoms with Crippen LogP contribution in [0.1, 0.15) is 0 Å². The second-order valence-electron chi connectivity index (χ2n) is 3.20. The van der Waals surface area contributed by atoms with Crippen molar-refractivity contribution in [1.82, 2.24) is 0 Å². The van der Waals surface area contributed by atoms with E-state index >= 15 is 0 Å². The Morgan fingerprint density at radius 1 is 1.57 bits per heavy atom. The highest BCUT2D eigenvalue weighted by Crippen LogP contribution is 2.14. The zero-order valence-electron chi connectivity index (χ0n) is 7.78. The fourth-order valence-electron chi connectivity index (χ4n) is 1.39. The summed E-state index contributed by atoms with van der Waals surface area (Å²) < 4.78 is 18.3. The van der Waals surface area contributed by atoms with Gasteiger partial charge in [0.1, 0.15) is 18.2 Å². The Morgan fingerprint density at radius 2 is 2.50 bits per heavy atom. The molecule has 1 aromatic carbocycles. The number of rotatable bonds is 3. The van der Waals surface area contributed by atoms with Gasteiger partial charge in [0.15, 0.2) is 5.37 Å². The molecule has 1 heterocycles. The van der Waals surface area contributed by atoms with Gasteiger partial charge < -0.3 is 10.1 Å². The normalized spacial score (nSPS) is 21.1. The standard InChI is InChI=1S/C10H12FNOS/c11-8-2-1-3-9(6-8)13-7-10-12-4-5-14-10/h1-3,6,10,12H,4-5,7H2/p+1/t10-/m1/s1. The summed E-state index contributed by atoms with van der Waals surface area (Å²) in [5.74, 6) is 1.55. The Labute approximate surface area is 86.8 Å². The Hall–Kier alpha value is -0.740. The van der Waals surface area contributed by atoms with Crippen LogP contribution in [0.4, 0.5) is 4.39 Å². The molecule has 0 radical (unpaired) electrons. The number of hydrogen-bond donors (Lipinski definition) is 1. The van der Waals surface area contributed by atoms with Gasteiger partial charge in [0.25, 0.3) is 0 Å². The lowest BCUT2D eigenvalue weighted by Crippen LogP contribution is -2.87. The maximum absolute atomic E-state index is 12.8. The lowest BCUT2D eigenvalue weighted by Gasteiger charge is -2.08. The van der Waals surface area contributed by atoms with Crippen LogP contribution < -0.4 is 10.1 Å². The fraction of sp³-hybridized carbons (Fsp3) is 0.400. The van der Waals surface area contributed by atoms with E-state index in [1.165, 1.54) is 17.9 Å². The first-order valence-electron chi connectivity index (χ1n) is 4.68. The molecule has 1 atom stereocenters. The number of ether oxygens (including phenoxy) is 1. The summed E-state index contributed by atoms with van der Waals surface area (Å²) in [6, 6.07) is 6.28. The zero-order chi connectivity index (χ0) is 9.80. The van der Waals surface area contributed by atoms with Crippen molar-refractivity contribution >= 4 is 11.8 Å². The van der Waals surface area contributed by atoms with Crippen LogP contribution >= 0.6 is 11.8 Å². The van der Waals surface area contributed by atoms with E-state index in [-0.39, 0.29) is 5.82 Å². The summed E-state index contributed by atoms with van der Waals surface area (Å²) >= 11 is 1.89. The molecule has 14 heavy (non-hydrogen) atoms. The van der Waals surface area contributed by atoms with Crippen molar-refractivity contribution in [3.05, 3.63) is 30.1 Å². The minimum absolute atomic E-state index is 0.245. The molecule has 1 saturated heterocycles. The maximum atomic E-state index is 12.8. The molecule has 0 aliphatic carbocycles. The number of nitrogens with two attached hydrogens (primary N) is 1. The Bertz CT molecular complexity index is 302. The number of benzene rings is 1. The van der Waals surface area contributed by atoms with E-state index in [0.29, 0.717) is 17.7 Å². The molecule has 0 amide bonds. The third-order valence-electron chi connectivity index (χ3n) is 2.09. The Morgan fingerprint density at radius 3 is 3.21 bits per heavy atom. The molecule has 2 N–H and O–H groups in total. The molecule has 76 valence electrons. The molecule has 0 aromatic heterocycles. The van der Waals surface area contributed by atoms with Crippen molar-refractivity contribution in [1.29, 1.82) is 0 Å². The molecular weight excluding hydrogens is 201 g/mol. The molecule has 1 aliphatic heterocycles. The molecule has 0 spiro atoms. The van der Waals surface area contributed by atoms with Crippen molar-refractivity contribution in [3.8, 4) is 5.75 Å². The van der Waals surface area contributed by atoms with Crippen LogP contribution in [0.5, 0.6) is 5.75 Å². The van der Waals surface area contributed by atoms with E-state index in [1.54, 1.807) is 12.1 Å². The van der Waals surface area contributed by atoms with E-state index in [4.69, 9.17) is 4.74 Å². The lowest BCUT2D eigenvalue weighted by molar-refractivity contribution is -0.658. The first kappa shape index (κ1) is 9.80. The highest BCUT2D eigenvalue weighted by Gasteiger charge is 2.19. The van der Waals surface area contributed by atoms with Gasteiger partial charge in [-0.05, 0) is 12.1 Å². The molecule has 4 heteroatoms. The summed E-state index contributed by atoms with van der Waals surface area (Å²) in [4.78, 5) is 0. The Balaban J connectivity index is 1.85. The summed E-state index contributed by atoms with van der Waals surface area (Å²) in [5, 5.41) is 2.72. The van der Waals surface area contributed by atoms with E-state index in [9.17, 15) is 4.39 Å². The predicted molar refractivity (Wildman–Crippen MR) is 54.9 cm³/mol. The number of quaternary nitrogens is 1. The highest BCUT2D eigenvalue weighted by atomic mass is 32.2. The first-order valence-corrected chi connectivity index (χ1v) is 5.73. The molecule has 0 unspecified atom stereocenters. The van der Waals surface area contributed by atoms with Gasteiger partial charge in [0.05, 0.1) is 6.54 Å². The number of halogens is 1. The minimum atomic E-state index is -0.245. The van der Waals surface area contributed by atoms with Crippen molar-refractivity contribution < 1.29 is 14.4 Å². The third-order valence-corrected chi connectivity index (χ3v) is 3.32. The summed E-state index contributed by atoms with van der Waals surface area (Å²) in [5.41, 5.74) is 0. The largest absolute Gasteiger partial charge is 0.486 e. The average molecular weight is 214 g/mol. The SMILES string of the molecule is Fc1cccc(OC[C@@H]2[NH2+]CCS2)c1. The second-order valence-corrected chi connectivity index (χ2v) is 4.55. The van der Waals surface area contributed by atoms with Crippen molar-refractivity contribution in [2.24, 2.45) is 0 Å². The smallest absolute Gasteiger partial charge is 0.167 e. The molecule has 1 fully saturated rings. The molecular formula is C10H13FNOS+. The van der Waals surface area contributed by atoms with E-state index in [1.807, 2.05) is 11.8 Å². The van der Waals surface area contributed by atoms with Crippen LogP contribution in [0.3, 0.4) is 0 Å². The molecule has 0 saturated carbocycles. The van der Waals surface area contributed by atoms with Crippen molar-refractivity contribution in [2.75, 3.05) is 18.9 Å². The topological polar surface area (TPSA) is 25.8 Å². The van der Waals surface area contributed by atoms with E-state index in [0.717, 1.165) is 6.54 Å². The molecule has 2 rings (SSSR count). The van der Waals surface area contributed by atoms with Crippen molar-refractivity contribution in [2.45, 2.75) is 5.37 Å². The van der Waals surface area contributed by atoms with Gasteiger partial charge in [-0.3, -0.25) is 0 Å². The van der Waals surface area contributed by atoms with E-state index < -0.39 is 0 Å². The van der Waals surface area contributed by atoms with Crippen LogP contribution in [0, 0.1) is 5.82 Å². The van der Waals surface area contributed by atoms with E-state index in [2.05, 4.69) is 5.32 Å². The van der Waals surface area contributed by atoms with Crippen LogP contribution in [0.2, 0.25) is 0 Å². The van der Waals surface area contributed by atoms with Gasteiger partial charge in [-0.1, -0.05) is 17.8 Å². The fourth-order valence-corrected chi connectivity index (χ4v) is 2.40. The summed E-state index contributed by atoms with van der Waals surface area (Å²) in [6.45, 7) is 1.80. The van der Waals surface area contributed by atoms with Crippen molar-refractivity contribution in [3.63, 3.8) is 0 Å². The van der Waals surface area contributed by atoms with Gasteiger partial charge in [0.2, 0.25) is 0 Å². The van der Waals surface area contributed by atoms with Crippen LogP contribution in [0.25, 0.3) is 0 Å². The van der Waals surface area contributed by atoms with Gasteiger partial charge in [0, 0.05) is 11.8 Å². The van der Waals surface area contributed by atoms with Crippen LogP contribution in [-0.4, -0.2) is 24.3 Å². The third kappa shape index (κ3) is 2.62. The van der Waals surface area contributed by atoms with Gasteiger partial charge in [-0.25, -0.2) is 4.39 Å². The van der Waals surface area contributed by atoms with Gasteiger partial charge in [-0.15, -0.1) is 0 Å². The summed E-state index contributed by atoms with van der Waals surface area (Å²) in [6.07, 6.45) is 0. The molecule has 1 aliphatic rings. The number of thioether (sulfide) groups is 1. The zero-order valence-corrected chi connectivity index (χ0v) is 8.60. The Kier molecular flexibility index (Phi) is 3.26. The second kappa shape index (κ2) is 4.66. The van der Waals surface area contributed by atoms with Gasteiger partial charge in [-0.2, -0.15) is 0 Å². The quantitative estimate of drug-likeness (QED) is 0.807. The maximum Gasteiger partial charge on any atom is 0.167 e. The number of hydrogen-bond acceptors (Lipinski definition) is 2. The lowest BCUT2D eigenvalue weighted by atomic mass is 10.3. The van der Waals surface area contributed by atoms with Crippen LogP contribution in [-0.2, 0) is 0 Å². The molecule has 2 nitrogen and oxygen atoms in total. The summed E-state index contributed by atoms with van der Waals surface area (Å²) in [7, 11) is 0. The molecule has 1 aromatic rings. The van der Waals surface area contributed by atoms with Gasteiger partial charge >= 0.3 is 0 Å². The predicted octanol–water partition coefficient (Wildman–Crippen LogP) is 0.841. The first-order chi connectivity index (χ1) is 6.84.